The first kappa shape index (κ1) is 17.6. The van der Waals surface area contributed by atoms with Gasteiger partial charge in [-0.2, -0.15) is 0 Å². The summed E-state index contributed by atoms with van der Waals surface area (Å²) in [6.07, 6.45) is 1.10. The summed E-state index contributed by atoms with van der Waals surface area (Å²) in [5, 5.41) is 14.6. The Kier molecular flexibility index (Phi) is 7.15. The van der Waals surface area contributed by atoms with Gasteiger partial charge in [-0.15, -0.1) is 5.10 Å². The Morgan fingerprint density at radius 1 is 1.30 bits per heavy atom. The van der Waals surface area contributed by atoms with Gasteiger partial charge in [0.25, 0.3) is 0 Å². The van der Waals surface area contributed by atoms with Crippen LogP contribution in [0.3, 0.4) is 0 Å². The average Bonchev–Trinajstić information content (AvgIpc) is 2.96. The topological polar surface area (TPSA) is 78.7 Å². The summed E-state index contributed by atoms with van der Waals surface area (Å²) in [4.78, 5) is 0. The SMILES string of the molecule is CCOc1cc(C[NH2+]CCCSc2nnnn2C)ccc1OC. The third-order valence-electron chi connectivity index (χ3n) is 3.27. The van der Waals surface area contributed by atoms with Gasteiger partial charge in [-0.05, 0) is 35.5 Å². The summed E-state index contributed by atoms with van der Waals surface area (Å²) in [6.45, 7) is 4.61. The highest BCUT2D eigenvalue weighted by atomic mass is 32.2. The van der Waals surface area contributed by atoms with Crippen LogP contribution >= 0.6 is 11.8 Å². The third-order valence-corrected chi connectivity index (χ3v) is 4.37. The Bertz CT molecular complexity index is 605. The van der Waals surface area contributed by atoms with E-state index in [0.29, 0.717) is 6.61 Å². The summed E-state index contributed by atoms with van der Waals surface area (Å²) in [6, 6.07) is 6.10. The molecule has 1 aromatic carbocycles. The van der Waals surface area contributed by atoms with Crippen LogP contribution in [-0.4, -0.2) is 46.2 Å². The van der Waals surface area contributed by atoms with E-state index in [2.05, 4.69) is 33.0 Å². The number of nitrogens with zero attached hydrogens (tertiary/aromatic N) is 4. The van der Waals surface area contributed by atoms with Crippen molar-refractivity contribution < 1.29 is 14.8 Å². The molecule has 2 rings (SSSR count). The van der Waals surface area contributed by atoms with E-state index in [9.17, 15) is 0 Å². The predicted octanol–water partition coefficient (Wildman–Crippen LogP) is 0.863. The van der Waals surface area contributed by atoms with Gasteiger partial charge in [0.1, 0.15) is 6.54 Å². The lowest BCUT2D eigenvalue weighted by molar-refractivity contribution is -0.670. The minimum atomic E-state index is 0.637. The van der Waals surface area contributed by atoms with Crippen LogP contribution in [0.4, 0.5) is 0 Å². The van der Waals surface area contributed by atoms with Crippen LogP contribution < -0.4 is 14.8 Å². The molecule has 0 unspecified atom stereocenters. The van der Waals surface area contributed by atoms with Crippen molar-refractivity contribution in [1.82, 2.24) is 20.2 Å². The first-order chi connectivity index (χ1) is 11.2. The van der Waals surface area contributed by atoms with E-state index in [1.54, 1.807) is 23.6 Å². The van der Waals surface area contributed by atoms with Crippen molar-refractivity contribution in [2.24, 2.45) is 7.05 Å². The Morgan fingerprint density at radius 2 is 2.17 bits per heavy atom. The molecule has 0 amide bonds. The second-order valence-corrected chi connectivity index (χ2v) is 6.05. The molecule has 1 heterocycles. The molecule has 0 aliphatic rings. The standard InChI is InChI=1S/C15H23N5O2S/c1-4-22-14-10-12(6-7-13(14)21-3)11-16-8-5-9-23-15-17-18-19-20(15)2/h6-7,10,16H,4-5,8-9,11H2,1-3H3/p+1. The summed E-state index contributed by atoms with van der Waals surface area (Å²) in [7, 11) is 3.52. The van der Waals surface area contributed by atoms with E-state index >= 15 is 0 Å². The average molecular weight is 338 g/mol. The van der Waals surface area contributed by atoms with E-state index in [1.165, 1.54) is 5.56 Å². The molecular weight excluding hydrogens is 314 g/mol. The fourth-order valence-electron chi connectivity index (χ4n) is 2.12. The lowest BCUT2D eigenvalue weighted by Gasteiger charge is -2.10. The summed E-state index contributed by atoms with van der Waals surface area (Å²) < 4.78 is 12.6. The number of aromatic nitrogens is 4. The highest BCUT2D eigenvalue weighted by Crippen LogP contribution is 2.27. The first-order valence-corrected chi connectivity index (χ1v) is 8.69. The van der Waals surface area contributed by atoms with Crippen molar-refractivity contribution in [2.45, 2.75) is 25.0 Å². The summed E-state index contributed by atoms with van der Waals surface area (Å²) in [5.41, 5.74) is 1.24. The number of hydrogen-bond acceptors (Lipinski definition) is 6. The molecule has 2 aromatic rings. The lowest BCUT2D eigenvalue weighted by Crippen LogP contribution is -2.82. The zero-order valence-corrected chi connectivity index (χ0v) is 14.7. The molecule has 126 valence electrons. The first-order valence-electron chi connectivity index (χ1n) is 7.71. The number of methoxy groups -OCH3 is 1. The van der Waals surface area contributed by atoms with Crippen molar-refractivity contribution in [3.63, 3.8) is 0 Å². The van der Waals surface area contributed by atoms with E-state index in [0.717, 1.165) is 41.9 Å². The number of rotatable bonds is 10. The second kappa shape index (κ2) is 9.36. The maximum Gasteiger partial charge on any atom is 0.209 e. The van der Waals surface area contributed by atoms with Crippen molar-refractivity contribution in [3.8, 4) is 11.5 Å². The summed E-state index contributed by atoms with van der Waals surface area (Å²) >= 11 is 1.68. The molecule has 0 aliphatic carbocycles. The minimum Gasteiger partial charge on any atom is -0.493 e. The Morgan fingerprint density at radius 3 is 2.87 bits per heavy atom. The smallest absolute Gasteiger partial charge is 0.209 e. The highest BCUT2D eigenvalue weighted by Gasteiger charge is 2.06. The number of thioether (sulfide) groups is 1. The number of hydrogen-bond donors (Lipinski definition) is 1. The molecule has 0 radical (unpaired) electrons. The van der Waals surface area contributed by atoms with Crippen molar-refractivity contribution in [3.05, 3.63) is 23.8 Å². The van der Waals surface area contributed by atoms with Crippen molar-refractivity contribution >= 4 is 11.8 Å². The Hall–Kier alpha value is -1.80. The molecule has 8 heteroatoms. The Labute approximate surface area is 140 Å². The van der Waals surface area contributed by atoms with Crippen LogP contribution in [-0.2, 0) is 13.6 Å². The molecule has 0 spiro atoms. The normalized spacial score (nSPS) is 10.7. The zero-order valence-electron chi connectivity index (χ0n) is 13.9. The van der Waals surface area contributed by atoms with Crippen molar-refractivity contribution in [2.75, 3.05) is 26.0 Å². The molecule has 0 saturated carbocycles. The molecule has 2 N–H and O–H groups in total. The fraction of sp³-hybridized carbons (Fsp3) is 0.533. The van der Waals surface area contributed by atoms with Gasteiger partial charge >= 0.3 is 0 Å². The number of aryl methyl sites for hydroxylation is 1. The number of ether oxygens (including phenoxy) is 2. The number of benzene rings is 1. The molecule has 0 atom stereocenters. The molecule has 0 fully saturated rings. The van der Waals surface area contributed by atoms with Gasteiger partial charge in [-0.1, -0.05) is 11.8 Å². The molecular formula is C15H24N5O2S+. The Balaban J connectivity index is 1.69. The van der Waals surface area contributed by atoms with Gasteiger partial charge in [-0.3, -0.25) is 0 Å². The highest BCUT2D eigenvalue weighted by molar-refractivity contribution is 7.99. The van der Waals surface area contributed by atoms with Crippen LogP contribution in [0.15, 0.2) is 23.4 Å². The number of nitrogens with two attached hydrogens (primary N) is 1. The van der Waals surface area contributed by atoms with Gasteiger partial charge in [-0.25, -0.2) is 4.68 Å². The maximum atomic E-state index is 5.60. The van der Waals surface area contributed by atoms with Crippen LogP contribution in [0.5, 0.6) is 11.5 Å². The zero-order chi connectivity index (χ0) is 16.5. The van der Waals surface area contributed by atoms with E-state index in [4.69, 9.17) is 9.47 Å². The largest absolute Gasteiger partial charge is 0.493 e. The minimum absolute atomic E-state index is 0.637. The van der Waals surface area contributed by atoms with Crippen LogP contribution in [0, 0.1) is 0 Å². The fourth-order valence-corrected chi connectivity index (χ4v) is 2.93. The van der Waals surface area contributed by atoms with Crippen LogP contribution in [0.1, 0.15) is 18.9 Å². The second-order valence-electron chi connectivity index (χ2n) is 4.99. The van der Waals surface area contributed by atoms with Gasteiger partial charge in [0, 0.05) is 24.8 Å². The van der Waals surface area contributed by atoms with Gasteiger partial charge in [0.2, 0.25) is 5.16 Å². The quantitative estimate of drug-likeness (QED) is 0.511. The molecule has 0 aliphatic heterocycles. The molecule has 0 saturated heterocycles. The predicted molar refractivity (Wildman–Crippen MR) is 88.8 cm³/mol. The van der Waals surface area contributed by atoms with E-state index in [-0.39, 0.29) is 0 Å². The molecule has 1 aromatic heterocycles. The van der Waals surface area contributed by atoms with Gasteiger partial charge in [0.15, 0.2) is 11.5 Å². The molecule has 7 nitrogen and oxygen atoms in total. The summed E-state index contributed by atoms with van der Waals surface area (Å²) in [5.74, 6) is 2.60. The van der Waals surface area contributed by atoms with E-state index in [1.807, 2.05) is 20.0 Å². The van der Waals surface area contributed by atoms with E-state index < -0.39 is 0 Å². The number of quaternary nitrogens is 1. The van der Waals surface area contributed by atoms with Gasteiger partial charge in [0.05, 0.1) is 20.3 Å². The van der Waals surface area contributed by atoms with Crippen LogP contribution in [0.2, 0.25) is 0 Å². The number of tetrazole rings is 1. The third kappa shape index (κ3) is 5.40. The van der Waals surface area contributed by atoms with Gasteiger partial charge < -0.3 is 14.8 Å². The lowest BCUT2D eigenvalue weighted by atomic mass is 10.2. The van der Waals surface area contributed by atoms with Crippen LogP contribution in [0.25, 0.3) is 0 Å². The monoisotopic (exact) mass is 338 g/mol. The molecule has 23 heavy (non-hydrogen) atoms. The maximum absolute atomic E-state index is 5.60. The van der Waals surface area contributed by atoms with Crippen molar-refractivity contribution in [1.29, 1.82) is 0 Å². The molecule has 0 bridgehead atoms.